The number of hydrogen-bond donors (Lipinski definition) is 0. The average molecular weight is 1070 g/mol. The van der Waals surface area contributed by atoms with E-state index in [4.69, 9.17) is 8.83 Å². The van der Waals surface area contributed by atoms with E-state index in [9.17, 15) is 0 Å². The van der Waals surface area contributed by atoms with Crippen molar-refractivity contribution in [2.45, 2.75) is 0 Å². The van der Waals surface area contributed by atoms with Crippen LogP contribution in [0.4, 0.5) is 51.2 Å². The van der Waals surface area contributed by atoms with E-state index < -0.39 is 0 Å². The number of fused-ring (bicyclic) bond motifs is 10. The molecule has 84 heavy (non-hydrogen) atoms. The molecular formula is C78H50BN3O2. The van der Waals surface area contributed by atoms with Gasteiger partial charge in [-0.3, -0.25) is 0 Å². The molecule has 2 aliphatic heterocycles. The second-order valence-electron chi connectivity index (χ2n) is 22.0. The molecule has 4 heterocycles. The largest absolute Gasteiger partial charge is 0.454 e. The number of furan rings is 2. The summed E-state index contributed by atoms with van der Waals surface area (Å²) in [4.78, 5) is 7.47. The van der Waals surface area contributed by atoms with Crippen molar-refractivity contribution in [2.75, 3.05) is 14.7 Å². The Bertz CT molecular complexity index is 4740. The highest BCUT2D eigenvalue weighted by atomic mass is 16.3. The second-order valence-corrected chi connectivity index (χ2v) is 22.0. The van der Waals surface area contributed by atoms with E-state index >= 15 is 0 Å². The van der Waals surface area contributed by atoms with E-state index in [1.807, 2.05) is 12.1 Å². The van der Waals surface area contributed by atoms with Crippen molar-refractivity contribution in [1.29, 1.82) is 0 Å². The van der Waals surface area contributed by atoms with Gasteiger partial charge in [0.25, 0.3) is 6.71 Å². The summed E-state index contributed by atoms with van der Waals surface area (Å²) in [6.45, 7) is -0.170. The molecule has 13 aromatic carbocycles. The maximum absolute atomic E-state index is 7.08. The maximum Gasteiger partial charge on any atom is 0.252 e. The van der Waals surface area contributed by atoms with Gasteiger partial charge in [-0.1, -0.05) is 231 Å². The molecule has 0 aliphatic carbocycles. The van der Waals surface area contributed by atoms with Gasteiger partial charge in [0, 0.05) is 55.7 Å². The van der Waals surface area contributed by atoms with Crippen LogP contribution >= 0.6 is 0 Å². The summed E-state index contributed by atoms with van der Waals surface area (Å²) in [5.41, 5.74) is 25.2. The lowest BCUT2D eigenvalue weighted by Crippen LogP contribution is -2.61. The smallest absolute Gasteiger partial charge is 0.252 e. The molecule has 0 spiro atoms. The van der Waals surface area contributed by atoms with Crippen LogP contribution in [-0.4, -0.2) is 6.71 Å². The molecule has 0 bridgehead atoms. The quantitative estimate of drug-likeness (QED) is 0.135. The van der Waals surface area contributed by atoms with Gasteiger partial charge in [-0.15, -0.1) is 0 Å². The summed E-state index contributed by atoms with van der Waals surface area (Å²) in [5.74, 6) is 0. The van der Waals surface area contributed by atoms with E-state index in [0.29, 0.717) is 0 Å². The molecule has 0 N–H and O–H groups in total. The standard InChI is InChI=1S/C78H50BN3O2/c1-5-21-51(22-6-1)55-29-17-31-59(45-55)80-70-47-57(53-25-9-3-10-26-53)41-43-66(70)79-67-44-42-58(54-27-11-4-12-28-54)48-71(67)81(60-32-18-30-56(46-60)52-23-7-2-8-24-52)73-50-61(49-72(80)76(73)79)82(68-37-19-35-64-62-33-13-15-39-74(62)83-77(64)68)69-38-20-36-65-63-34-14-16-40-75(63)84-78(65)69/h1-50H. The van der Waals surface area contributed by atoms with Crippen molar-refractivity contribution in [3.63, 3.8) is 0 Å². The highest BCUT2D eigenvalue weighted by molar-refractivity contribution is 7.00. The van der Waals surface area contributed by atoms with E-state index in [1.165, 1.54) is 16.4 Å². The number of rotatable bonds is 9. The number of anilines is 9. The number of para-hydroxylation sites is 4. The van der Waals surface area contributed by atoms with Crippen LogP contribution in [0, 0.1) is 0 Å². The average Bonchev–Trinajstić information content (AvgIpc) is 1.25. The van der Waals surface area contributed by atoms with Gasteiger partial charge in [0.2, 0.25) is 0 Å². The molecule has 17 rings (SSSR count). The van der Waals surface area contributed by atoms with Gasteiger partial charge in [0.05, 0.1) is 17.1 Å². The van der Waals surface area contributed by atoms with Crippen molar-refractivity contribution in [1.82, 2.24) is 0 Å². The highest BCUT2D eigenvalue weighted by Gasteiger charge is 2.45. The fourth-order valence-electron chi connectivity index (χ4n) is 13.4. The molecule has 0 atom stereocenters. The van der Waals surface area contributed by atoms with Crippen LogP contribution in [0.1, 0.15) is 0 Å². The zero-order valence-corrected chi connectivity index (χ0v) is 45.6. The third-order valence-corrected chi connectivity index (χ3v) is 17.2. The Balaban J connectivity index is 1.02. The first-order valence-corrected chi connectivity index (χ1v) is 28.8. The molecule has 0 amide bonds. The molecular weight excluding hydrogens is 1020 g/mol. The van der Waals surface area contributed by atoms with E-state index in [2.05, 4.69) is 306 Å². The summed E-state index contributed by atoms with van der Waals surface area (Å²) in [5, 5.41) is 4.19. The number of nitrogens with zero attached hydrogens (tertiary/aromatic N) is 3. The van der Waals surface area contributed by atoms with Crippen molar-refractivity contribution in [2.24, 2.45) is 0 Å². The zero-order chi connectivity index (χ0) is 55.2. The molecule has 6 heteroatoms. The van der Waals surface area contributed by atoms with Crippen molar-refractivity contribution in [3.8, 4) is 44.5 Å². The Kier molecular flexibility index (Phi) is 11.0. The molecule has 15 aromatic rings. The molecule has 0 saturated carbocycles. The first kappa shape index (κ1) is 47.7. The zero-order valence-electron chi connectivity index (χ0n) is 45.6. The van der Waals surface area contributed by atoms with E-state index in [1.54, 1.807) is 0 Å². The molecule has 0 saturated heterocycles. The van der Waals surface area contributed by atoms with Gasteiger partial charge in [-0.05, 0) is 134 Å². The van der Waals surface area contributed by atoms with Crippen molar-refractivity contribution < 1.29 is 8.83 Å². The van der Waals surface area contributed by atoms with Crippen LogP contribution in [0.3, 0.4) is 0 Å². The number of hydrogen-bond acceptors (Lipinski definition) is 5. The van der Waals surface area contributed by atoms with Crippen molar-refractivity contribution in [3.05, 3.63) is 303 Å². The molecule has 2 aliphatic rings. The van der Waals surface area contributed by atoms with Gasteiger partial charge < -0.3 is 23.5 Å². The van der Waals surface area contributed by atoms with Crippen LogP contribution in [0.25, 0.3) is 88.4 Å². The van der Waals surface area contributed by atoms with E-state index in [-0.39, 0.29) is 6.71 Å². The fourth-order valence-corrected chi connectivity index (χ4v) is 13.4. The Morgan fingerprint density at radius 2 is 0.631 bits per heavy atom. The highest BCUT2D eigenvalue weighted by Crippen LogP contribution is 2.52. The Morgan fingerprint density at radius 3 is 1.06 bits per heavy atom. The SMILES string of the molecule is c1ccc(-c2cccc(N3c4cc(-c5ccccc5)ccc4B4c5ccc(-c6ccccc6)cc5N(c5cccc(-c6ccccc6)c5)c5cc(N(c6cccc7c6oc6ccccc67)c6cccc7c6oc6ccccc67)cc3c54)c2)cc1. The van der Waals surface area contributed by atoms with E-state index in [0.717, 1.165) is 140 Å². The molecule has 392 valence electrons. The van der Waals surface area contributed by atoms with Crippen LogP contribution < -0.4 is 31.1 Å². The third kappa shape index (κ3) is 7.65. The minimum Gasteiger partial charge on any atom is -0.454 e. The summed E-state index contributed by atoms with van der Waals surface area (Å²) in [7, 11) is 0. The van der Waals surface area contributed by atoms with Crippen LogP contribution in [-0.2, 0) is 0 Å². The van der Waals surface area contributed by atoms with Crippen LogP contribution in [0.2, 0.25) is 0 Å². The van der Waals surface area contributed by atoms with Crippen LogP contribution in [0.15, 0.2) is 312 Å². The first-order chi connectivity index (χ1) is 41.7. The van der Waals surface area contributed by atoms with Gasteiger partial charge in [0.15, 0.2) is 11.2 Å². The predicted octanol–water partition coefficient (Wildman–Crippen LogP) is 19.7. The van der Waals surface area contributed by atoms with Gasteiger partial charge in [-0.25, -0.2) is 0 Å². The molecule has 0 radical (unpaired) electrons. The molecule has 2 aromatic heterocycles. The fraction of sp³-hybridized carbons (Fsp3) is 0. The maximum atomic E-state index is 7.08. The Hall–Kier alpha value is -11.1. The lowest BCUT2D eigenvalue weighted by atomic mass is 9.33. The first-order valence-electron chi connectivity index (χ1n) is 28.8. The molecule has 0 unspecified atom stereocenters. The molecule has 0 fully saturated rings. The third-order valence-electron chi connectivity index (χ3n) is 17.2. The minimum absolute atomic E-state index is 0.170. The summed E-state index contributed by atoms with van der Waals surface area (Å²) in [6.07, 6.45) is 0. The minimum atomic E-state index is -0.170. The monoisotopic (exact) mass is 1070 g/mol. The van der Waals surface area contributed by atoms with Crippen molar-refractivity contribution >= 4 is 118 Å². The molecule has 5 nitrogen and oxygen atoms in total. The second kappa shape index (κ2) is 19.3. The summed E-state index contributed by atoms with van der Waals surface area (Å²) in [6, 6.07) is 110. The summed E-state index contributed by atoms with van der Waals surface area (Å²) < 4.78 is 14.2. The van der Waals surface area contributed by atoms with Gasteiger partial charge >= 0.3 is 0 Å². The Morgan fingerprint density at radius 1 is 0.274 bits per heavy atom. The normalized spacial score (nSPS) is 12.5. The topological polar surface area (TPSA) is 36.0 Å². The van der Waals surface area contributed by atoms with Gasteiger partial charge in [-0.2, -0.15) is 0 Å². The lowest BCUT2D eigenvalue weighted by Gasteiger charge is -2.45. The van der Waals surface area contributed by atoms with Gasteiger partial charge in [0.1, 0.15) is 11.2 Å². The number of benzene rings is 13. The van der Waals surface area contributed by atoms with Crippen LogP contribution in [0.5, 0.6) is 0 Å². The lowest BCUT2D eigenvalue weighted by molar-refractivity contribution is 0.666. The summed E-state index contributed by atoms with van der Waals surface area (Å²) >= 11 is 0. The Labute approximate surface area is 486 Å². The predicted molar refractivity (Wildman–Crippen MR) is 351 cm³/mol.